The number of pyridine rings is 4. The Balaban J connectivity index is 0.000000151. The van der Waals surface area contributed by atoms with Crippen molar-refractivity contribution in [3.8, 4) is 22.8 Å². The number of amides is 1. The summed E-state index contributed by atoms with van der Waals surface area (Å²) in [5.74, 6) is 2.34. The fourth-order valence-electron chi connectivity index (χ4n) is 8.52. The van der Waals surface area contributed by atoms with Crippen molar-refractivity contribution in [2.75, 3.05) is 98.4 Å². The van der Waals surface area contributed by atoms with Gasteiger partial charge in [0.1, 0.15) is 34.1 Å². The zero-order valence-corrected chi connectivity index (χ0v) is 33.0. The van der Waals surface area contributed by atoms with Gasteiger partial charge in [-0.25, -0.2) is 9.97 Å². The molecule has 4 aliphatic rings. The van der Waals surface area contributed by atoms with Crippen molar-refractivity contribution in [1.82, 2.24) is 40.3 Å². The first-order chi connectivity index (χ1) is 28.5. The van der Waals surface area contributed by atoms with Gasteiger partial charge in [-0.2, -0.15) is 10.2 Å². The summed E-state index contributed by atoms with van der Waals surface area (Å²) >= 11 is 0. The number of hydrogen-bond donors (Lipinski definition) is 3. The summed E-state index contributed by atoms with van der Waals surface area (Å²) in [5.41, 5.74) is 13.1. The van der Waals surface area contributed by atoms with Gasteiger partial charge in [-0.3, -0.25) is 25.0 Å². The zero-order valence-electron chi connectivity index (χ0n) is 33.0. The SMILES string of the molecule is CC1CCN(c2cc(N3CCOCC3)nc3c(-c4ccn[nH]4)nccc23)CC1.NC(=O)C1CCCN(c2cc(N3CCOCC3)nc3c(-c4ccn[nH]4)nccc23)C1. The lowest BCUT2D eigenvalue weighted by atomic mass is 9.96. The second-order valence-corrected chi connectivity index (χ2v) is 15.6. The first kappa shape index (κ1) is 37.7. The topological polar surface area (TPSA) is 183 Å². The highest BCUT2D eigenvalue weighted by Gasteiger charge is 2.28. The predicted octanol–water partition coefficient (Wildman–Crippen LogP) is 4.65. The zero-order chi connectivity index (χ0) is 39.4. The summed E-state index contributed by atoms with van der Waals surface area (Å²) in [4.78, 5) is 40.5. The molecule has 1 amide bonds. The monoisotopic (exact) mass is 785 g/mol. The molecule has 0 aromatic carbocycles. The molecule has 4 aliphatic heterocycles. The third-order valence-corrected chi connectivity index (χ3v) is 11.9. The van der Waals surface area contributed by atoms with E-state index >= 15 is 0 Å². The van der Waals surface area contributed by atoms with E-state index in [1.165, 1.54) is 18.5 Å². The Morgan fingerprint density at radius 3 is 1.66 bits per heavy atom. The van der Waals surface area contributed by atoms with E-state index in [0.717, 1.165) is 140 Å². The Kier molecular flexibility index (Phi) is 11.0. The van der Waals surface area contributed by atoms with Crippen LogP contribution < -0.4 is 25.3 Å². The molecule has 6 aromatic rings. The molecule has 4 fully saturated rings. The van der Waals surface area contributed by atoms with E-state index in [1.54, 1.807) is 18.6 Å². The fourth-order valence-corrected chi connectivity index (χ4v) is 8.52. The summed E-state index contributed by atoms with van der Waals surface area (Å²) in [5, 5.41) is 16.4. The van der Waals surface area contributed by atoms with Crippen LogP contribution in [0.5, 0.6) is 0 Å². The van der Waals surface area contributed by atoms with E-state index < -0.39 is 0 Å². The summed E-state index contributed by atoms with van der Waals surface area (Å²) in [7, 11) is 0. The average molecular weight is 786 g/mol. The van der Waals surface area contributed by atoms with Crippen molar-refractivity contribution < 1.29 is 14.3 Å². The number of aromatic nitrogens is 8. The summed E-state index contributed by atoms with van der Waals surface area (Å²) in [6.45, 7) is 12.2. The van der Waals surface area contributed by atoms with Gasteiger partial charge in [-0.15, -0.1) is 0 Å². The standard InChI is InChI=1S/C21H25N7O2.C21H26N6O/c22-21(29)14-2-1-7-28(13-14)17-12-18(27-8-10-30-11-9-27)25-19-15(17)3-5-23-20(19)16-4-6-24-26-16;1-15-4-8-26(9-5-15)18-14-19(27-10-12-28-13-11-27)24-20-16(18)2-6-22-21(20)17-3-7-23-25-17/h3-6,12,14H,1-2,7-11,13H2,(H2,22,29)(H,24,26);2-3,6-7,14-15H,4-5,8-13H2,1H3,(H,23,25). The van der Waals surface area contributed by atoms with Crippen molar-refractivity contribution >= 4 is 50.7 Å². The maximum absolute atomic E-state index is 11.9. The third-order valence-electron chi connectivity index (χ3n) is 11.9. The molecule has 10 heterocycles. The predicted molar refractivity (Wildman–Crippen MR) is 225 cm³/mol. The van der Waals surface area contributed by atoms with Gasteiger partial charge in [-0.1, -0.05) is 6.92 Å². The molecule has 0 spiro atoms. The number of aromatic amines is 2. The van der Waals surface area contributed by atoms with Crippen LogP contribution in [0.4, 0.5) is 23.0 Å². The Hall–Kier alpha value is -5.87. The van der Waals surface area contributed by atoms with Crippen molar-refractivity contribution in [3.05, 3.63) is 61.2 Å². The van der Waals surface area contributed by atoms with Gasteiger partial charge in [0, 0.05) is 111 Å². The van der Waals surface area contributed by atoms with E-state index in [4.69, 9.17) is 25.2 Å². The Labute approximate surface area is 337 Å². The Bertz CT molecular complexity index is 2320. The molecular formula is C42H51N13O3. The van der Waals surface area contributed by atoms with Gasteiger partial charge < -0.3 is 34.8 Å². The molecule has 4 saturated heterocycles. The van der Waals surface area contributed by atoms with Crippen LogP contribution in [0, 0.1) is 11.8 Å². The molecule has 1 unspecified atom stereocenters. The molecule has 0 bridgehead atoms. The number of nitrogens with two attached hydrogens (primary N) is 1. The molecule has 1 atom stereocenters. The molecule has 0 radical (unpaired) electrons. The molecule has 4 N–H and O–H groups in total. The summed E-state index contributed by atoms with van der Waals surface area (Å²) in [6, 6.07) is 12.3. The minimum absolute atomic E-state index is 0.136. The van der Waals surface area contributed by atoms with Crippen molar-refractivity contribution in [3.63, 3.8) is 0 Å². The molecule has 16 nitrogen and oxygen atoms in total. The highest BCUT2D eigenvalue weighted by Crippen LogP contribution is 2.38. The molecular weight excluding hydrogens is 735 g/mol. The minimum Gasteiger partial charge on any atom is -0.378 e. The number of primary amides is 1. The van der Waals surface area contributed by atoms with Crippen LogP contribution >= 0.6 is 0 Å². The van der Waals surface area contributed by atoms with Gasteiger partial charge >= 0.3 is 0 Å². The first-order valence-electron chi connectivity index (χ1n) is 20.5. The second-order valence-electron chi connectivity index (χ2n) is 15.6. The van der Waals surface area contributed by atoms with Crippen LogP contribution in [-0.4, -0.2) is 125 Å². The normalized spacial score (nSPS) is 19.4. The Morgan fingerprint density at radius 2 is 1.17 bits per heavy atom. The minimum atomic E-state index is -0.230. The lowest BCUT2D eigenvalue weighted by Crippen LogP contribution is -2.41. The molecule has 6 aromatic heterocycles. The van der Waals surface area contributed by atoms with E-state index in [-0.39, 0.29) is 11.8 Å². The van der Waals surface area contributed by atoms with E-state index in [0.29, 0.717) is 19.8 Å². The number of carbonyl (C=O) groups excluding carboxylic acids is 1. The fraction of sp³-hybridized carbons (Fsp3) is 0.452. The second kappa shape index (κ2) is 16.9. The van der Waals surface area contributed by atoms with Gasteiger partial charge in [0.05, 0.1) is 43.7 Å². The molecule has 0 saturated carbocycles. The quantitative estimate of drug-likeness (QED) is 0.204. The maximum Gasteiger partial charge on any atom is 0.222 e. The lowest BCUT2D eigenvalue weighted by Gasteiger charge is -2.35. The van der Waals surface area contributed by atoms with Gasteiger partial charge in [0.15, 0.2) is 0 Å². The largest absolute Gasteiger partial charge is 0.378 e. The first-order valence-corrected chi connectivity index (χ1v) is 20.5. The van der Waals surface area contributed by atoms with Crippen molar-refractivity contribution in [2.45, 2.75) is 32.6 Å². The van der Waals surface area contributed by atoms with Crippen LogP contribution in [0.15, 0.2) is 61.2 Å². The maximum atomic E-state index is 11.9. The lowest BCUT2D eigenvalue weighted by molar-refractivity contribution is -0.122. The number of morpholine rings is 2. The van der Waals surface area contributed by atoms with Gasteiger partial charge in [0.2, 0.25) is 5.91 Å². The number of ether oxygens (including phenoxy) is 2. The van der Waals surface area contributed by atoms with E-state index in [2.05, 4.69) is 75.1 Å². The number of nitrogens with one attached hydrogen (secondary N) is 2. The van der Waals surface area contributed by atoms with Crippen LogP contribution in [0.1, 0.15) is 32.6 Å². The van der Waals surface area contributed by atoms with Crippen molar-refractivity contribution in [2.24, 2.45) is 17.6 Å². The number of piperidine rings is 2. The number of carbonyl (C=O) groups is 1. The molecule has 16 heteroatoms. The van der Waals surface area contributed by atoms with E-state index in [1.807, 2.05) is 24.4 Å². The van der Waals surface area contributed by atoms with Gasteiger partial charge in [0.25, 0.3) is 0 Å². The number of anilines is 4. The Morgan fingerprint density at radius 1 is 0.655 bits per heavy atom. The van der Waals surface area contributed by atoms with Crippen LogP contribution in [0.2, 0.25) is 0 Å². The van der Waals surface area contributed by atoms with E-state index in [9.17, 15) is 4.79 Å². The highest BCUT2D eigenvalue weighted by molar-refractivity contribution is 6.01. The third kappa shape index (κ3) is 7.85. The molecule has 302 valence electrons. The molecule has 58 heavy (non-hydrogen) atoms. The average Bonchev–Trinajstić information content (AvgIpc) is 4.03. The number of hydrogen-bond acceptors (Lipinski definition) is 13. The summed E-state index contributed by atoms with van der Waals surface area (Å²) < 4.78 is 11.1. The van der Waals surface area contributed by atoms with Gasteiger partial charge in [-0.05, 0) is 55.9 Å². The smallest absolute Gasteiger partial charge is 0.222 e. The highest BCUT2D eigenvalue weighted by atomic mass is 16.5. The van der Waals surface area contributed by atoms with Crippen LogP contribution in [-0.2, 0) is 14.3 Å². The number of fused-ring (bicyclic) bond motifs is 2. The van der Waals surface area contributed by atoms with Crippen LogP contribution in [0.25, 0.3) is 44.6 Å². The number of rotatable bonds is 7. The number of nitrogens with zero attached hydrogens (tertiary/aromatic N) is 10. The molecule has 10 rings (SSSR count). The summed E-state index contributed by atoms with van der Waals surface area (Å²) in [6.07, 6.45) is 11.4. The molecule has 0 aliphatic carbocycles. The van der Waals surface area contributed by atoms with Crippen molar-refractivity contribution in [1.29, 1.82) is 0 Å². The van der Waals surface area contributed by atoms with Crippen LogP contribution in [0.3, 0.4) is 0 Å². The number of H-pyrrole nitrogens is 2.